The number of nitrogens with zero attached hydrogens (tertiary/aromatic N) is 1. The van der Waals surface area contributed by atoms with Crippen molar-refractivity contribution in [2.45, 2.75) is 19.9 Å². The molecule has 0 unspecified atom stereocenters. The van der Waals surface area contributed by atoms with Gasteiger partial charge in [-0.1, -0.05) is 24.6 Å². The van der Waals surface area contributed by atoms with E-state index in [1.807, 2.05) is 18.2 Å². The van der Waals surface area contributed by atoms with Crippen LogP contribution in [0.25, 0.3) is 0 Å². The van der Waals surface area contributed by atoms with Gasteiger partial charge in [-0.2, -0.15) is 0 Å². The Morgan fingerprint density at radius 1 is 1.44 bits per heavy atom. The second kappa shape index (κ2) is 6.56. The highest BCUT2D eigenvalue weighted by molar-refractivity contribution is 6.30. The second-order valence-corrected chi connectivity index (χ2v) is 4.35. The first-order valence-electron chi connectivity index (χ1n) is 5.54. The van der Waals surface area contributed by atoms with E-state index >= 15 is 0 Å². The quantitative estimate of drug-likeness (QED) is 0.609. The molecule has 88 valence electrons. The number of anilines is 1. The Hall–Kier alpha value is -0.990. The zero-order valence-electron chi connectivity index (χ0n) is 9.75. The van der Waals surface area contributed by atoms with Crippen LogP contribution >= 0.6 is 11.6 Å². The van der Waals surface area contributed by atoms with E-state index < -0.39 is 0 Å². The molecular formula is C13H19ClN2. The van der Waals surface area contributed by atoms with Crippen LogP contribution in [0.2, 0.25) is 5.02 Å². The Labute approximate surface area is 103 Å². The summed E-state index contributed by atoms with van der Waals surface area (Å²) in [7, 11) is 0. The molecule has 0 atom stereocenters. The lowest BCUT2D eigenvalue weighted by atomic mass is 10.2. The molecule has 1 aromatic carbocycles. The molecule has 0 saturated carbocycles. The summed E-state index contributed by atoms with van der Waals surface area (Å²) < 4.78 is 0. The molecule has 0 bridgehead atoms. The summed E-state index contributed by atoms with van der Waals surface area (Å²) in [6.07, 6.45) is 3.05. The molecule has 16 heavy (non-hydrogen) atoms. The fourth-order valence-corrected chi connectivity index (χ4v) is 2.02. The zero-order chi connectivity index (χ0) is 12.0. The molecule has 1 aromatic rings. The van der Waals surface area contributed by atoms with Gasteiger partial charge in [-0.25, -0.2) is 0 Å². The largest absolute Gasteiger partial charge is 0.399 e. The molecule has 0 aliphatic carbocycles. The Kier molecular flexibility index (Phi) is 5.36. The van der Waals surface area contributed by atoms with Gasteiger partial charge in [-0.3, -0.25) is 4.90 Å². The van der Waals surface area contributed by atoms with Crippen molar-refractivity contribution in [2.75, 3.05) is 18.8 Å². The van der Waals surface area contributed by atoms with Crippen LogP contribution in [0.3, 0.4) is 0 Å². The van der Waals surface area contributed by atoms with Crippen molar-refractivity contribution < 1.29 is 0 Å². The zero-order valence-corrected chi connectivity index (χ0v) is 10.5. The fourth-order valence-electron chi connectivity index (χ4n) is 1.76. The molecule has 1 rings (SSSR count). The number of halogens is 1. The lowest BCUT2D eigenvalue weighted by molar-refractivity contribution is 0.295. The molecule has 0 saturated heterocycles. The molecule has 2 nitrogen and oxygen atoms in total. The Morgan fingerprint density at radius 3 is 2.75 bits per heavy atom. The van der Waals surface area contributed by atoms with Gasteiger partial charge >= 0.3 is 0 Å². The molecule has 0 fully saturated rings. The lowest BCUT2D eigenvalue weighted by Gasteiger charge is -2.20. The summed E-state index contributed by atoms with van der Waals surface area (Å²) >= 11 is 5.97. The van der Waals surface area contributed by atoms with E-state index in [1.165, 1.54) is 0 Å². The van der Waals surface area contributed by atoms with Gasteiger partial charge in [-0.15, -0.1) is 6.58 Å². The van der Waals surface area contributed by atoms with Crippen molar-refractivity contribution in [1.82, 2.24) is 4.90 Å². The third kappa shape index (κ3) is 4.25. The molecular weight excluding hydrogens is 220 g/mol. The summed E-state index contributed by atoms with van der Waals surface area (Å²) in [4.78, 5) is 2.32. The number of benzene rings is 1. The summed E-state index contributed by atoms with van der Waals surface area (Å²) in [5.74, 6) is 0. The third-order valence-corrected chi connectivity index (χ3v) is 2.53. The Balaban J connectivity index is 2.71. The predicted octanol–water partition coefficient (Wildman–Crippen LogP) is 3.32. The van der Waals surface area contributed by atoms with E-state index in [-0.39, 0.29) is 0 Å². The standard InChI is InChI=1S/C13H19ClN2/c1-3-5-16(6-4-2)10-11-7-12(14)9-13(15)8-11/h3,7-9H,1,4-6,10,15H2,2H3. The van der Waals surface area contributed by atoms with Crippen LogP contribution in [0.15, 0.2) is 30.9 Å². The highest BCUT2D eigenvalue weighted by Crippen LogP contribution is 2.18. The van der Waals surface area contributed by atoms with Crippen molar-refractivity contribution in [1.29, 1.82) is 0 Å². The molecule has 0 aliphatic rings. The van der Waals surface area contributed by atoms with E-state index in [9.17, 15) is 0 Å². The van der Waals surface area contributed by atoms with Crippen molar-refractivity contribution >= 4 is 17.3 Å². The van der Waals surface area contributed by atoms with Crippen LogP contribution in [-0.4, -0.2) is 18.0 Å². The van der Waals surface area contributed by atoms with Gasteiger partial charge in [0.1, 0.15) is 0 Å². The SMILES string of the molecule is C=CCN(CCC)Cc1cc(N)cc(Cl)c1. The maximum atomic E-state index is 5.97. The van der Waals surface area contributed by atoms with E-state index in [1.54, 1.807) is 6.07 Å². The van der Waals surface area contributed by atoms with Crippen LogP contribution in [0.5, 0.6) is 0 Å². The average Bonchev–Trinajstić information content (AvgIpc) is 2.16. The number of hydrogen-bond donors (Lipinski definition) is 1. The first-order valence-corrected chi connectivity index (χ1v) is 5.91. The van der Waals surface area contributed by atoms with E-state index in [2.05, 4.69) is 18.4 Å². The second-order valence-electron chi connectivity index (χ2n) is 3.92. The first-order chi connectivity index (χ1) is 7.65. The lowest BCUT2D eigenvalue weighted by Crippen LogP contribution is -2.24. The number of rotatable bonds is 6. The molecule has 0 spiro atoms. The van der Waals surface area contributed by atoms with Crippen LogP contribution < -0.4 is 5.73 Å². The van der Waals surface area contributed by atoms with Crippen LogP contribution in [-0.2, 0) is 6.54 Å². The summed E-state index contributed by atoms with van der Waals surface area (Å²) in [6, 6.07) is 5.70. The van der Waals surface area contributed by atoms with E-state index in [0.717, 1.165) is 37.3 Å². The van der Waals surface area contributed by atoms with Gasteiger partial charge in [0.2, 0.25) is 0 Å². The third-order valence-electron chi connectivity index (χ3n) is 2.31. The molecule has 0 heterocycles. The number of hydrogen-bond acceptors (Lipinski definition) is 2. The van der Waals surface area contributed by atoms with Gasteiger partial charge in [0.05, 0.1) is 0 Å². The molecule has 0 amide bonds. The number of nitrogens with two attached hydrogens (primary N) is 1. The number of nitrogen functional groups attached to an aromatic ring is 1. The van der Waals surface area contributed by atoms with Crippen molar-refractivity contribution in [2.24, 2.45) is 0 Å². The monoisotopic (exact) mass is 238 g/mol. The average molecular weight is 239 g/mol. The molecule has 0 aliphatic heterocycles. The minimum Gasteiger partial charge on any atom is -0.399 e. The minimum atomic E-state index is 0.699. The van der Waals surface area contributed by atoms with Crippen LogP contribution in [0.1, 0.15) is 18.9 Å². The van der Waals surface area contributed by atoms with Gasteiger partial charge in [-0.05, 0) is 36.7 Å². The van der Waals surface area contributed by atoms with Crippen molar-refractivity contribution in [3.8, 4) is 0 Å². The summed E-state index contributed by atoms with van der Waals surface area (Å²) in [6.45, 7) is 8.74. The van der Waals surface area contributed by atoms with Gasteiger partial charge in [0.15, 0.2) is 0 Å². The summed E-state index contributed by atoms with van der Waals surface area (Å²) in [5.41, 5.74) is 7.63. The summed E-state index contributed by atoms with van der Waals surface area (Å²) in [5, 5.41) is 0.699. The molecule has 3 heteroatoms. The Bertz CT molecular complexity index is 330. The molecule has 2 N–H and O–H groups in total. The van der Waals surface area contributed by atoms with Crippen molar-refractivity contribution in [3.63, 3.8) is 0 Å². The molecule has 0 radical (unpaired) electrons. The molecule has 0 aromatic heterocycles. The minimum absolute atomic E-state index is 0.699. The van der Waals surface area contributed by atoms with Gasteiger partial charge in [0.25, 0.3) is 0 Å². The van der Waals surface area contributed by atoms with Gasteiger partial charge in [0, 0.05) is 23.8 Å². The highest BCUT2D eigenvalue weighted by Gasteiger charge is 2.04. The maximum Gasteiger partial charge on any atom is 0.0429 e. The normalized spacial score (nSPS) is 10.7. The van der Waals surface area contributed by atoms with Gasteiger partial charge < -0.3 is 5.73 Å². The first kappa shape index (κ1) is 13.1. The van der Waals surface area contributed by atoms with Crippen molar-refractivity contribution in [3.05, 3.63) is 41.4 Å². The van der Waals surface area contributed by atoms with Crippen LogP contribution in [0.4, 0.5) is 5.69 Å². The predicted molar refractivity (Wildman–Crippen MR) is 71.6 cm³/mol. The smallest absolute Gasteiger partial charge is 0.0429 e. The van der Waals surface area contributed by atoms with Crippen LogP contribution in [0, 0.1) is 0 Å². The maximum absolute atomic E-state index is 5.97. The topological polar surface area (TPSA) is 29.3 Å². The fraction of sp³-hybridized carbons (Fsp3) is 0.385. The highest BCUT2D eigenvalue weighted by atomic mass is 35.5. The van der Waals surface area contributed by atoms with E-state index in [0.29, 0.717) is 5.02 Å². The van der Waals surface area contributed by atoms with E-state index in [4.69, 9.17) is 17.3 Å². The Morgan fingerprint density at radius 2 is 2.19 bits per heavy atom.